The number of halogens is 3. The molecule has 0 saturated heterocycles. The molecule has 1 aromatic carbocycles. The molecule has 0 bridgehead atoms. The predicted molar refractivity (Wildman–Crippen MR) is 81.4 cm³/mol. The van der Waals surface area contributed by atoms with Crippen LogP contribution in [0.3, 0.4) is 0 Å². The normalized spacial score (nSPS) is 17.8. The Hall–Kier alpha value is -2.55. The van der Waals surface area contributed by atoms with Crippen molar-refractivity contribution in [1.29, 1.82) is 0 Å². The molecule has 0 aromatic heterocycles. The van der Waals surface area contributed by atoms with E-state index >= 15 is 0 Å². The van der Waals surface area contributed by atoms with Crippen molar-refractivity contribution in [3.63, 3.8) is 0 Å². The Morgan fingerprint density at radius 1 is 1.20 bits per heavy atom. The highest BCUT2D eigenvalue weighted by atomic mass is 19.4. The number of hydrogen-bond acceptors (Lipinski definition) is 4. The highest BCUT2D eigenvalue weighted by Crippen LogP contribution is 2.32. The smallest absolute Gasteiger partial charge is 0.416 e. The minimum absolute atomic E-state index is 0.0137. The largest absolute Gasteiger partial charge is 0.460 e. The summed E-state index contributed by atoms with van der Waals surface area (Å²) >= 11 is 0. The number of benzene rings is 1. The van der Waals surface area contributed by atoms with Crippen LogP contribution in [-0.4, -0.2) is 32.3 Å². The van der Waals surface area contributed by atoms with Gasteiger partial charge in [-0.2, -0.15) is 13.2 Å². The summed E-state index contributed by atoms with van der Waals surface area (Å²) in [6.45, 7) is 1.73. The van der Waals surface area contributed by atoms with Gasteiger partial charge in [-0.3, -0.25) is 0 Å². The zero-order valence-electron chi connectivity index (χ0n) is 13.6. The minimum Gasteiger partial charge on any atom is -0.460 e. The second-order valence-corrected chi connectivity index (χ2v) is 5.32. The summed E-state index contributed by atoms with van der Waals surface area (Å²) in [6, 6.07) is 2.75. The zero-order chi connectivity index (χ0) is 18.6. The number of carbonyl (C=O) groups is 2. The number of hydrogen-bond donors (Lipinski definition) is 2. The summed E-state index contributed by atoms with van der Waals surface area (Å²) in [4.78, 5) is 24.0. The summed E-state index contributed by atoms with van der Waals surface area (Å²) in [6.07, 6.45) is -4.47. The molecule has 0 unspecified atom stereocenters. The molecular weight excluding hydrogens is 341 g/mol. The van der Waals surface area contributed by atoms with Gasteiger partial charge < -0.3 is 20.1 Å². The van der Waals surface area contributed by atoms with Crippen molar-refractivity contribution in [1.82, 2.24) is 10.6 Å². The summed E-state index contributed by atoms with van der Waals surface area (Å²) in [5.74, 6) is -0.688. The molecule has 2 rings (SSSR count). The Labute approximate surface area is 142 Å². The van der Waals surface area contributed by atoms with Crippen LogP contribution >= 0.6 is 0 Å². The maximum atomic E-state index is 12.7. The van der Waals surface area contributed by atoms with Gasteiger partial charge in [-0.25, -0.2) is 9.59 Å². The van der Waals surface area contributed by atoms with Crippen LogP contribution in [-0.2, 0) is 20.4 Å². The number of alkyl halides is 3. The van der Waals surface area contributed by atoms with Gasteiger partial charge in [-0.05, 0) is 24.6 Å². The number of urea groups is 1. The Balaban J connectivity index is 2.30. The molecule has 1 aromatic rings. The summed E-state index contributed by atoms with van der Waals surface area (Å²) in [5, 5.41) is 4.97. The molecule has 1 aliphatic heterocycles. The monoisotopic (exact) mass is 358 g/mol. The Morgan fingerprint density at radius 3 is 2.40 bits per heavy atom. The third kappa shape index (κ3) is 4.50. The number of amides is 2. The topological polar surface area (TPSA) is 76.7 Å². The van der Waals surface area contributed by atoms with Crippen molar-refractivity contribution in [2.45, 2.75) is 19.1 Å². The van der Waals surface area contributed by atoms with Crippen molar-refractivity contribution in [2.24, 2.45) is 0 Å². The lowest BCUT2D eigenvalue weighted by Gasteiger charge is -2.28. The van der Waals surface area contributed by atoms with Crippen molar-refractivity contribution in [3.8, 4) is 0 Å². The minimum atomic E-state index is -4.47. The molecule has 25 heavy (non-hydrogen) atoms. The molecule has 0 saturated carbocycles. The first-order chi connectivity index (χ1) is 11.7. The van der Waals surface area contributed by atoms with Gasteiger partial charge in [0.2, 0.25) is 0 Å². The third-order valence-corrected chi connectivity index (χ3v) is 3.58. The number of methoxy groups -OCH3 is 1. The number of rotatable bonds is 5. The van der Waals surface area contributed by atoms with Crippen LogP contribution in [0.2, 0.25) is 0 Å². The molecule has 9 heteroatoms. The summed E-state index contributed by atoms with van der Waals surface area (Å²) < 4.78 is 47.9. The van der Waals surface area contributed by atoms with Crippen molar-refractivity contribution < 1.29 is 32.2 Å². The van der Waals surface area contributed by atoms with Crippen LogP contribution in [0.1, 0.15) is 24.1 Å². The Morgan fingerprint density at radius 2 is 1.84 bits per heavy atom. The standard InChI is InChI=1S/C16H17F3N2O4/c1-9-12(14(22)25-8-7-24-2)13(21-15(23)20-9)10-3-5-11(6-4-10)16(17,18)19/h3-6,13H,7-8H2,1-2H3,(H2,20,21,23)/t13-/m0/s1. The average molecular weight is 358 g/mol. The molecule has 0 fully saturated rings. The van der Waals surface area contributed by atoms with E-state index in [1.807, 2.05) is 0 Å². The maximum absolute atomic E-state index is 12.7. The highest BCUT2D eigenvalue weighted by molar-refractivity contribution is 5.95. The summed E-state index contributed by atoms with van der Waals surface area (Å²) in [5.41, 5.74) is -0.0890. The van der Waals surface area contributed by atoms with Crippen molar-refractivity contribution >= 4 is 12.0 Å². The fraction of sp³-hybridized carbons (Fsp3) is 0.375. The third-order valence-electron chi connectivity index (χ3n) is 3.58. The molecule has 6 nitrogen and oxygen atoms in total. The van der Waals surface area contributed by atoms with E-state index < -0.39 is 29.8 Å². The van der Waals surface area contributed by atoms with E-state index in [0.717, 1.165) is 12.1 Å². The van der Waals surface area contributed by atoms with Crippen molar-refractivity contribution in [3.05, 3.63) is 46.7 Å². The maximum Gasteiger partial charge on any atom is 0.416 e. The lowest BCUT2D eigenvalue weighted by Crippen LogP contribution is -2.45. The first-order valence-corrected chi connectivity index (χ1v) is 7.35. The molecule has 136 valence electrons. The van der Waals surface area contributed by atoms with Crippen LogP contribution < -0.4 is 10.6 Å². The quantitative estimate of drug-likeness (QED) is 0.626. The van der Waals surface area contributed by atoms with Gasteiger partial charge in [0.15, 0.2) is 0 Å². The van der Waals surface area contributed by atoms with E-state index in [0.29, 0.717) is 5.56 Å². The van der Waals surface area contributed by atoms with Gasteiger partial charge in [-0.1, -0.05) is 12.1 Å². The van der Waals surface area contributed by atoms with Gasteiger partial charge in [0, 0.05) is 12.8 Å². The van der Waals surface area contributed by atoms with Gasteiger partial charge in [0.05, 0.1) is 23.8 Å². The number of esters is 1. The molecule has 1 atom stereocenters. The SMILES string of the molecule is COCCOC(=O)C1=C(C)NC(=O)N[C@H]1c1ccc(C(F)(F)F)cc1. The second kappa shape index (κ2) is 7.56. The van der Waals surface area contributed by atoms with Gasteiger partial charge in [-0.15, -0.1) is 0 Å². The molecule has 1 heterocycles. The first-order valence-electron chi connectivity index (χ1n) is 7.35. The molecular formula is C16H17F3N2O4. The molecule has 1 aliphatic rings. The lowest BCUT2D eigenvalue weighted by molar-refractivity contribution is -0.141. The zero-order valence-corrected chi connectivity index (χ0v) is 13.6. The van der Waals surface area contributed by atoms with E-state index in [1.165, 1.54) is 26.2 Å². The average Bonchev–Trinajstić information content (AvgIpc) is 2.53. The highest BCUT2D eigenvalue weighted by Gasteiger charge is 2.34. The molecule has 0 radical (unpaired) electrons. The van der Waals surface area contributed by atoms with Crippen LogP contribution in [0.25, 0.3) is 0 Å². The van der Waals surface area contributed by atoms with E-state index in [-0.39, 0.29) is 24.5 Å². The summed E-state index contributed by atoms with van der Waals surface area (Å²) in [7, 11) is 1.45. The Kier molecular flexibility index (Phi) is 5.68. The van der Waals surface area contributed by atoms with E-state index in [9.17, 15) is 22.8 Å². The lowest BCUT2D eigenvalue weighted by atomic mass is 9.95. The van der Waals surface area contributed by atoms with E-state index in [2.05, 4.69) is 10.6 Å². The molecule has 0 spiro atoms. The number of nitrogens with one attached hydrogen (secondary N) is 2. The molecule has 2 amide bonds. The molecule has 0 aliphatic carbocycles. The van der Waals surface area contributed by atoms with Crippen molar-refractivity contribution in [2.75, 3.05) is 20.3 Å². The fourth-order valence-electron chi connectivity index (χ4n) is 2.37. The van der Waals surface area contributed by atoms with Crippen LogP contribution in [0.5, 0.6) is 0 Å². The number of carbonyl (C=O) groups excluding carboxylic acids is 2. The van der Waals surface area contributed by atoms with Crippen LogP contribution in [0.15, 0.2) is 35.5 Å². The van der Waals surface area contributed by atoms with Gasteiger partial charge in [0.25, 0.3) is 0 Å². The van der Waals surface area contributed by atoms with E-state index in [4.69, 9.17) is 9.47 Å². The fourth-order valence-corrected chi connectivity index (χ4v) is 2.37. The van der Waals surface area contributed by atoms with Crippen LogP contribution in [0.4, 0.5) is 18.0 Å². The second-order valence-electron chi connectivity index (χ2n) is 5.32. The molecule has 2 N–H and O–H groups in total. The Bertz CT molecular complexity index is 684. The number of ether oxygens (including phenoxy) is 2. The predicted octanol–water partition coefficient (Wildman–Crippen LogP) is 2.52. The van der Waals surface area contributed by atoms with E-state index in [1.54, 1.807) is 0 Å². The van der Waals surface area contributed by atoms with Crippen LogP contribution in [0, 0.1) is 0 Å². The number of allylic oxidation sites excluding steroid dienone is 1. The van der Waals surface area contributed by atoms with Gasteiger partial charge >= 0.3 is 18.2 Å². The first kappa shape index (κ1) is 18.8. The van der Waals surface area contributed by atoms with Gasteiger partial charge in [0.1, 0.15) is 6.61 Å².